The number of hydrogen-bond donors (Lipinski definition) is 2. The zero-order valence-electron chi connectivity index (χ0n) is 13.9. The Hall–Kier alpha value is -1.04. The number of aromatic amines is 1. The molecule has 128 valence electrons. The van der Waals surface area contributed by atoms with Gasteiger partial charge in [-0.1, -0.05) is 11.6 Å². The third-order valence-electron chi connectivity index (χ3n) is 4.74. The van der Waals surface area contributed by atoms with Crippen molar-refractivity contribution in [1.82, 2.24) is 10.3 Å². The van der Waals surface area contributed by atoms with Crippen LogP contribution in [0.1, 0.15) is 61.3 Å². The van der Waals surface area contributed by atoms with Gasteiger partial charge < -0.3 is 15.0 Å². The third-order valence-corrected chi connectivity index (χ3v) is 5.67. The number of H-pyrrole nitrogens is 1. The quantitative estimate of drug-likeness (QED) is 0.657. The first-order chi connectivity index (χ1) is 11.2. The Bertz CT molecular complexity index is 853. The first-order valence-electron chi connectivity index (χ1n) is 8.26. The van der Waals surface area contributed by atoms with Gasteiger partial charge in [0.05, 0.1) is 16.1 Å². The summed E-state index contributed by atoms with van der Waals surface area (Å²) in [6.07, 6.45) is 3.20. The molecule has 0 aliphatic carbocycles. The smallest absolute Gasteiger partial charge is 0.340 e. The van der Waals surface area contributed by atoms with Crippen molar-refractivity contribution in [3.8, 4) is 0 Å². The Morgan fingerprint density at radius 2 is 2.12 bits per heavy atom. The molecular formula is C18H20BrClN2O2. The molecule has 1 aromatic heterocycles. The van der Waals surface area contributed by atoms with Crippen LogP contribution in [0, 0.1) is 0 Å². The molecule has 24 heavy (non-hydrogen) atoms. The molecule has 4 nitrogen and oxygen atoms in total. The van der Waals surface area contributed by atoms with E-state index in [1.54, 1.807) is 6.07 Å². The van der Waals surface area contributed by atoms with Gasteiger partial charge in [0.15, 0.2) is 0 Å². The molecule has 2 N–H and O–H groups in total. The van der Waals surface area contributed by atoms with Crippen molar-refractivity contribution in [2.24, 2.45) is 0 Å². The summed E-state index contributed by atoms with van der Waals surface area (Å²) < 4.78 is 6.32. The molecular weight excluding hydrogens is 392 g/mol. The van der Waals surface area contributed by atoms with E-state index < -0.39 is 5.60 Å². The molecule has 3 heterocycles. The topological polar surface area (TPSA) is 54.1 Å². The molecule has 1 fully saturated rings. The third kappa shape index (κ3) is 2.57. The maximum Gasteiger partial charge on any atom is 0.340 e. The van der Waals surface area contributed by atoms with Crippen LogP contribution in [0.5, 0.6) is 0 Å². The van der Waals surface area contributed by atoms with Crippen molar-refractivity contribution in [2.45, 2.75) is 57.7 Å². The maximum atomic E-state index is 12.9. The van der Waals surface area contributed by atoms with E-state index in [4.69, 9.17) is 16.3 Å². The van der Waals surface area contributed by atoms with Crippen molar-refractivity contribution in [3.63, 3.8) is 0 Å². The number of hydrogen-bond acceptors (Lipinski definition) is 3. The number of carbonyl (C=O) groups excluding carboxylic acids is 1. The molecule has 2 aliphatic rings. The molecule has 2 aliphatic heterocycles. The highest BCUT2D eigenvalue weighted by atomic mass is 79.9. The molecule has 1 saturated heterocycles. The van der Waals surface area contributed by atoms with E-state index >= 15 is 0 Å². The Labute approximate surface area is 154 Å². The van der Waals surface area contributed by atoms with Crippen molar-refractivity contribution in [3.05, 3.63) is 32.4 Å². The highest BCUT2D eigenvalue weighted by Gasteiger charge is 2.37. The highest BCUT2D eigenvalue weighted by Crippen LogP contribution is 2.44. The predicted molar refractivity (Wildman–Crippen MR) is 98.8 cm³/mol. The fraction of sp³-hybridized carbons (Fsp3) is 0.500. The minimum absolute atomic E-state index is 0.277. The molecule has 2 bridgehead atoms. The minimum atomic E-state index is -0.546. The van der Waals surface area contributed by atoms with Crippen molar-refractivity contribution in [1.29, 1.82) is 0 Å². The highest BCUT2D eigenvalue weighted by molar-refractivity contribution is 9.10. The van der Waals surface area contributed by atoms with Gasteiger partial charge in [-0.05, 0) is 61.2 Å². The fourth-order valence-electron chi connectivity index (χ4n) is 3.91. The van der Waals surface area contributed by atoms with Gasteiger partial charge in [-0.15, -0.1) is 0 Å². The lowest BCUT2D eigenvalue weighted by Crippen LogP contribution is -2.31. The second-order valence-corrected chi connectivity index (χ2v) is 8.94. The zero-order chi connectivity index (χ0) is 17.2. The van der Waals surface area contributed by atoms with Crippen molar-refractivity contribution >= 4 is 44.4 Å². The second-order valence-electron chi connectivity index (χ2n) is 7.68. The number of ether oxygens (including phenoxy) is 1. The number of rotatable bonds is 1. The van der Waals surface area contributed by atoms with Crippen LogP contribution in [-0.4, -0.2) is 22.6 Å². The van der Waals surface area contributed by atoms with Gasteiger partial charge in [0.1, 0.15) is 5.60 Å². The van der Waals surface area contributed by atoms with Crippen molar-refractivity contribution < 1.29 is 9.53 Å². The molecule has 2 unspecified atom stereocenters. The number of benzene rings is 1. The Morgan fingerprint density at radius 1 is 1.38 bits per heavy atom. The first kappa shape index (κ1) is 16.4. The molecule has 0 radical (unpaired) electrons. The van der Waals surface area contributed by atoms with Crippen LogP contribution in [0.15, 0.2) is 10.5 Å². The molecule has 1 aromatic carbocycles. The number of carbonyl (C=O) groups is 1. The number of esters is 1. The van der Waals surface area contributed by atoms with Crippen molar-refractivity contribution in [2.75, 3.05) is 0 Å². The minimum Gasteiger partial charge on any atom is -0.456 e. The summed E-state index contributed by atoms with van der Waals surface area (Å²) in [5.74, 6) is -0.321. The van der Waals surface area contributed by atoms with Gasteiger partial charge >= 0.3 is 5.97 Å². The average Bonchev–Trinajstić information content (AvgIpc) is 3.00. The van der Waals surface area contributed by atoms with Crippen LogP contribution in [0.25, 0.3) is 10.9 Å². The summed E-state index contributed by atoms with van der Waals surface area (Å²) in [5, 5.41) is 5.17. The van der Waals surface area contributed by atoms with E-state index in [0.29, 0.717) is 21.1 Å². The number of fused-ring (bicyclic) bond motifs is 6. The summed E-state index contributed by atoms with van der Waals surface area (Å²) in [4.78, 5) is 16.3. The van der Waals surface area contributed by atoms with Gasteiger partial charge in [-0.2, -0.15) is 0 Å². The van der Waals surface area contributed by atoms with Gasteiger partial charge in [0, 0.05) is 34.1 Å². The van der Waals surface area contributed by atoms with Gasteiger partial charge in [-0.25, -0.2) is 4.79 Å². The molecule has 6 heteroatoms. The fourth-order valence-corrected chi connectivity index (χ4v) is 4.88. The summed E-state index contributed by atoms with van der Waals surface area (Å²) in [7, 11) is 0. The van der Waals surface area contributed by atoms with Crippen LogP contribution in [0.2, 0.25) is 5.02 Å². The SMILES string of the molecule is CC(C)(C)OC(=O)c1c(Br)cc(Cl)c2[nH]c3c(c12)C1CCC(C3)N1. The first-order valence-corrected chi connectivity index (χ1v) is 9.43. The normalized spacial score (nSPS) is 22.7. The predicted octanol–water partition coefficient (Wildman–Crippen LogP) is 4.89. The molecule has 0 saturated carbocycles. The largest absolute Gasteiger partial charge is 0.456 e. The van der Waals surface area contributed by atoms with Gasteiger partial charge in [0.25, 0.3) is 0 Å². The molecule has 2 atom stereocenters. The van der Waals surface area contributed by atoms with E-state index in [-0.39, 0.29) is 12.0 Å². The number of halogens is 2. The monoisotopic (exact) mass is 410 g/mol. The second kappa shape index (κ2) is 5.48. The maximum absolute atomic E-state index is 12.9. The van der Waals surface area contributed by atoms with E-state index in [1.165, 1.54) is 11.3 Å². The van der Waals surface area contributed by atoms with Crippen LogP contribution in [0.4, 0.5) is 0 Å². The lowest BCUT2D eigenvalue weighted by Gasteiger charge is -2.23. The average molecular weight is 412 g/mol. The van der Waals surface area contributed by atoms with Crippen LogP contribution < -0.4 is 5.32 Å². The van der Waals surface area contributed by atoms with Gasteiger partial charge in [-0.3, -0.25) is 0 Å². The lowest BCUT2D eigenvalue weighted by molar-refractivity contribution is 0.00708. The van der Waals surface area contributed by atoms with E-state index in [2.05, 4.69) is 26.2 Å². The van der Waals surface area contributed by atoms with E-state index in [1.807, 2.05) is 20.8 Å². The standard InChI is InChI=1S/C18H20BrClN2O2/c1-18(2,3)24-17(23)13-9(19)7-10(20)16-15(13)14-11-5-4-8(21-11)6-12(14)22-16/h7-8,11,21-22H,4-6H2,1-3H3. The zero-order valence-corrected chi connectivity index (χ0v) is 16.3. The Morgan fingerprint density at radius 3 is 2.83 bits per heavy atom. The number of aromatic nitrogens is 1. The summed E-state index contributed by atoms with van der Waals surface area (Å²) in [6.45, 7) is 5.63. The molecule has 2 aromatic rings. The molecule has 4 rings (SSSR count). The van der Waals surface area contributed by atoms with E-state index in [9.17, 15) is 4.79 Å². The Kier molecular flexibility index (Phi) is 3.75. The summed E-state index contributed by atoms with van der Waals surface area (Å²) >= 11 is 9.98. The Balaban J connectivity index is 1.96. The lowest BCUT2D eigenvalue weighted by atomic mass is 9.96. The van der Waals surface area contributed by atoms with Gasteiger partial charge in [0.2, 0.25) is 0 Å². The van der Waals surface area contributed by atoms with Crippen LogP contribution in [0.3, 0.4) is 0 Å². The number of nitrogens with one attached hydrogen (secondary N) is 2. The van der Waals surface area contributed by atoms with Crippen LogP contribution in [-0.2, 0) is 11.2 Å². The van der Waals surface area contributed by atoms with E-state index in [0.717, 1.165) is 30.2 Å². The summed E-state index contributed by atoms with van der Waals surface area (Å²) in [5.41, 5.74) is 3.23. The molecule has 0 amide bonds. The van der Waals surface area contributed by atoms with Crippen LogP contribution >= 0.6 is 27.5 Å². The summed E-state index contributed by atoms with van der Waals surface area (Å²) in [6, 6.07) is 2.57. The molecule has 0 spiro atoms.